The van der Waals surface area contributed by atoms with Gasteiger partial charge in [0.15, 0.2) is 5.82 Å². The minimum Gasteiger partial charge on any atom is -0.488 e. The lowest BCUT2D eigenvalue weighted by Gasteiger charge is -2.33. The third kappa shape index (κ3) is 4.47. The van der Waals surface area contributed by atoms with Crippen LogP contribution in [0.2, 0.25) is 0 Å². The van der Waals surface area contributed by atoms with Gasteiger partial charge >= 0.3 is 6.18 Å². The molecule has 3 aromatic rings. The molecule has 1 aliphatic heterocycles. The van der Waals surface area contributed by atoms with E-state index in [9.17, 15) is 13.2 Å². The summed E-state index contributed by atoms with van der Waals surface area (Å²) in [6, 6.07) is 9.62. The number of nitrogens with zero attached hydrogens (tertiary/aromatic N) is 3. The molecule has 0 amide bonds. The highest BCUT2D eigenvalue weighted by atomic mass is 19.4. The number of hydrogen-bond acceptors (Lipinski definition) is 6. The van der Waals surface area contributed by atoms with Crippen molar-refractivity contribution in [2.75, 3.05) is 18.9 Å². The molecule has 3 N–H and O–H groups in total. The lowest BCUT2D eigenvalue weighted by molar-refractivity contribution is -0.138. The molecule has 0 aliphatic carbocycles. The number of ether oxygens (including phenoxy) is 1. The number of aromatic nitrogens is 2. The maximum absolute atomic E-state index is 13.3. The third-order valence-corrected chi connectivity index (χ3v) is 6.72. The number of alkyl halides is 3. The van der Waals surface area contributed by atoms with Gasteiger partial charge in [-0.1, -0.05) is 12.1 Å². The minimum atomic E-state index is -4.45. The van der Waals surface area contributed by atoms with Gasteiger partial charge in [-0.3, -0.25) is 4.90 Å². The van der Waals surface area contributed by atoms with Crippen LogP contribution in [0.5, 0.6) is 5.75 Å². The summed E-state index contributed by atoms with van der Waals surface area (Å²) < 4.78 is 46.3. The average Bonchev–Trinajstić information content (AvgIpc) is 3.00. The normalized spacial score (nSPS) is 19.6. The van der Waals surface area contributed by atoms with Crippen molar-refractivity contribution in [1.29, 1.82) is 0 Å². The van der Waals surface area contributed by atoms with Crippen molar-refractivity contribution >= 4 is 16.6 Å². The molecular weight excluding hydrogens is 431 g/mol. The van der Waals surface area contributed by atoms with E-state index in [-0.39, 0.29) is 17.2 Å². The molecule has 1 unspecified atom stereocenters. The summed E-state index contributed by atoms with van der Waals surface area (Å²) in [7, 11) is 2.08. The van der Waals surface area contributed by atoms with E-state index < -0.39 is 17.9 Å². The molecule has 0 saturated carbocycles. The van der Waals surface area contributed by atoms with E-state index in [0.717, 1.165) is 29.8 Å². The lowest BCUT2D eigenvalue weighted by atomic mass is 9.99. The highest BCUT2D eigenvalue weighted by Crippen LogP contribution is 2.36. The third-order valence-electron chi connectivity index (χ3n) is 6.72. The van der Waals surface area contributed by atoms with Gasteiger partial charge in [-0.05, 0) is 69.6 Å². The number of halogens is 3. The van der Waals surface area contributed by atoms with E-state index in [1.807, 2.05) is 18.2 Å². The van der Waals surface area contributed by atoms with Gasteiger partial charge in [0, 0.05) is 17.3 Å². The lowest BCUT2D eigenvalue weighted by Crippen LogP contribution is -2.45. The summed E-state index contributed by atoms with van der Waals surface area (Å²) in [5, 5.41) is 12.8. The van der Waals surface area contributed by atoms with Crippen molar-refractivity contribution in [2.45, 2.75) is 51.2 Å². The fourth-order valence-electron chi connectivity index (χ4n) is 4.32. The Morgan fingerprint density at radius 3 is 2.67 bits per heavy atom. The van der Waals surface area contributed by atoms with Crippen LogP contribution in [0.3, 0.4) is 0 Å². The molecule has 0 radical (unpaired) electrons. The van der Waals surface area contributed by atoms with Crippen molar-refractivity contribution in [2.24, 2.45) is 5.73 Å². The van der Waals surface area contributed by atoms with Crippen LogP contribution in [0.1, 0.15) is 43.1 Å². The number of likely N-dealkylation sites (tertiary alicyclic amines) is 1. The molecule has 0 spiro atoms. The standard InChI is InChI=1S/C24H28F3N5O/c1-14-17(6-5-7-19(14)24(25,26)27)21(28)30-22-18-12-16(9-8-15(18)13-29-31-22)33-20-10-11-32(4)23(20,2)3/h5-9,12-13,20-21H,10-11,28H2,1-4H3,(H,30,31)/t20?,21-/m0/s1. The molecule has 9 heteroatoms. The average molecular weight is 460 g/mol. The second kappa shape index (κ2) is 8.46. The second-order valence-corrected chi connectivity index (χ2v) is 9.05. The van der Waals surface area contributed by atoms with Crippen LogP contribution in [0.15, 0.2) is 42.6 Å². The number of fused-ring (bicyclic) bond motifs is 1. The van der Waals surface area contributed by atoms with Gasteiger partial charge in [0.1, 0.15) is 18.0 Å². The van der Waals surface area contributed by atoms with Gasteiger partial charge < -0.3 is 15.8 Å². The van der Waals surface area contributed by atoms with Crippen molar-refractivity contribution < 1.29 is 17.9 Å². The van der Waals surface area contributed by atoms with Gasteiger partial charge in [-0.15, -0.1) is 5.10 Å². The molecule has 1 aliphatic rings. The second-order valence-electron chi connectivity index (χ2n) is 9.05. The number of benzene rings is 2. The summed E-state index contributed by atoms with van der Waals surface area (Å²) in [5.74, 6) is 1.07. The van der Waals surface area contributed by atoms with Crippen LogP contribution in [-0.4, -0.2) is 40.3 Å². The molecule has 33 heavy (non-hydrogen) atoms. The number of nitrogens with one attached hydrogen (secondary N) is 1. The Morgan fingerprint density at radius 1 is 1.24 bits per heavy atom. The van der Waals surface area contributed by atoms with Crippen LogP contribution in [-0.2, 0) is 6.18 Å². The van der Waals surface area contributed by atoms with Gasteiger partial charge in [0.25, 0.3) is 0 Å². The van der Waals surface area contributed by atoms with Gasteiger partial charge in [0.2, 0.25) is 0 Å². The molecule has 0 bridgehead atoms. The molecule has 1 fully saturated rings. The van der Waals surface area contributed by atoms with E-state index in [4.69, 9.17) is 10.5 Å². The first-order chi connectivity index (χ1) is 15.5. The summed E-state index contributed by atoms with van der Waals surface area (Å²) in [4.78, 5) is 2.27. The van der Waals surface area contributed by atoms with Crippen LogP contribution >= 0.6 is 0 Å². The largest absolute Gasteiger partial charge is 0.488 e. The molecule has 1 aromatic heterocycles. The van der Waals surface area contributed by atoms with E-state index in [1.165, 1.54) is 13.0 Å². The number of anilines is 1. The Balaban J connectivity index is 1.63. The molecule has 6 nitrogen and oxygen atoms in total. The molecule has 2 aromatic carbocycles. The number of likely N-dealkylation sites (N-methyl/N-ethyl adjacent to an activating group) is 1. The van der Waals surface area contributed by atoms with Crippen molar-refractivity contribution in [3.63, 3.8) is 0 Å². The smallest absolute Gasteiger partial charge is 0.416 e. The van der Waals surface area contributed by atoms with Crippen LogP contribution in [0.25, 0.3) is 10.8 Å². The molecule has 1 saturated heterocycles. The molecule has 2 atom stereocenters. The number of nitrogens with two attached hydrogens (primary N) is 1. The van der Waals surface area contributed by atoms with Crippen molar-refractivity contribution in [1.82, 2.24) is 15.1 Å². The highest BCUT2D eigenvalue weighted by Gasteiger charge is 2.40. The Labute approximate surface area is 190 Å². The summed E-state index contributed by atoms with van der Waals surface area (Å²) in [6.07, 6.45) is -2.78. The zero-order chi connectivity index (χ0) is 24.0. The summed E-state index contributed by atoms with van der Waals surface area (Å²) >= 11 is 0. The fourth-order valence-corrected chi connectivity index (χ4v) is 4.32. The van der Waals surface area contributed by atoms with Crippen LogP contribution < -0.4 is 15.8 Å². The minimum absolute atomic E-state index is 0.0289. The Hall–Kier alpha value is -2.91. The quantitative estimate of drug-likeness (QED) is 0.529. The first kappa shape index (κ1) is 23.3. The van der Waals surface area contributed by atoms with Crippen LogP contribution in [0, 0.1) is 6.92 Å². The van der Waals surface area contributed by atoms with E-state index in [2.05, 4.69) is 41.3 Å². The zero-order valence-corrected chi connectivity index (χ0v) is 19.1. The van der Waals surface area contributed by atoms with Gasteiger partial charge in [-0.2, -0.15) is 18.3 Å². The summed E-state index contributed by atoms with van der Waals surface area (Å²) in [6.45, 7) is 6.68. The fraction of sp³-hybridized carbons (Fsp3) is 0.417. The monoisotopic (exact) mass is 459 g/mol. The summed E-state index contributed by atoms with van der Waals surface area (Å²) in [5.41, 5.74) is 5.88. The van der Waals surface area contributed by atoms with Crippen molar-refractivity contribution in [3.05, 3.63) is 59.3 Å². The molecule has 4 rings (SSSR count). The first-order valence-corrected chi connectivity index (χ1v) is 10.8. The predicted molar refractivity (Wildman–Crippen MR) is 122 cm³/mol. The highest BCUT2D eigenvalue weighted by molar-refractivity contribution is 5.92. The SMILES string of the molecule is Cc1c([C@@H](N)Nc2nncc3ccc(OC4CCN(C)C4(C)C)cc23)cccc1C(F)(F)F. The van der Waals surface area contributed by atoms with Gasteiger partial charge in [0.05, 0.1) is 17.3 Å². The van der Waals surface area contributed by atoms with E-state index in [1.54, 1.807) is 12.3 Å². The maximum Gasteiger partial charge on any atom is 0.416 e. The predicted octanol–water partition coefficient (Wildman–Crippen LogP) is 4.89. The number of rotatable bonds is 5. The number of hydrogen-bond donors (Lipinski definition) is 2. The Morgan fingerprint density at radius 2 is 2.00 bits per heavy atom. The first-order valence-electron chi connectivity index (χ1n) is 10.8. The Kier molecular flexibility index (Phi) is 5.96. The molecule has 2 heterocycles. The van der Waals surface area contributed by atoms with E-state index in [0.29, 0.717) is 17.1 Å². The maximum atomic E-state index is 13.3. The molecular formula is C24H28F3N5O. The zero-order valence-electron chi connectivity index (χ0n) is 19.1. The van der Waals surface area contributed by atoms with E-state index >= 15 is 0 Å². The molecule has 176 valence electrons. The van der Waals surface area contributed by atoms with Crippen molar-refractivity contribution in [3.8, 4) is 5.75 Å². The van der Waals surface area contributed by atoms with Crippen LogP contribution in [0.4, 0.5) is 19.0 Å². The topological polar surface area (TPSA) is 76.3 Å². The Bertz CT molecular complexity index is 1160. The van der Waals surface area contributed by atoms with Gasteiger partial charge in [-0.25, -0.2) is 0 Å².